The zero-order chi connectivity index (χ0) is 17.1. The molecule has 1 unspecified atom stereocenters. The number of nitrogens with zero attached hydrogens (tertiary/aromatic N) is 1. The quantitative estimate of drug-likeness (QED) is 0.690. The number of hydrogen-bond donors (Lipinski definition) is 2. The standard InChI is InChI=1S/C17H15F2N3OS/c1-10(17-21-13-4-2-3-5-14(13)22-17)20-16(23)9-24-15-7-6-11(18)8-12(15)19/h2-8,10H,9H2,1H3,(H,20,23)(H,21,22). The first-order valence-electron chi connectivity index (χ1n) is 7.35. The summed E-state index contributed by atoms with van der Waals surface area (Å²) < 4.78 is 26.4. The smallest absolute Gasteiger partial charge is 0.230 e. The van der Waals surface area contributed by atoms with Crippen molar-refractivity contribution in [1.82, 2.24) is 15.3 Å². The zero-order valence-corrected chi connectivity index (χ0v) is 13.7. The fraction of sp³-hybridized carbons (Fsp3) is 0.176. The third-order valence-corrected chi connectivity index (χ3v) is 4.50. The van der Waals surface area contributed by atoms with Crippen LogP contribution in [0.1, 0.15) is 18.8 Å². The predicted octanol–water partition coefficient (Wildman–Crippen LogP) is 3.81. The average Bonchev–Trinajstić information content (AvgIpc) is 2.98. The molecule has 0 aliphatic rings. The van der Waals surface area contributed by atoms with Gasteiger partial charge in [-0.2, -0.15) is 0 Å². The molecule has 1 heterocycles. The van der Waals surface area contributed by atoms with Crippen molar-refractivity contribution in [2.75, 3.05) is 5.75 Å². The number of aromatic amines is 1. The van der Waals surface area contributed by atoms with Crippen molar-refractivity contribution in [3.05, 3.63) is 59.9 Å². The lowest BCUT2D eigenvalue weighted by molar-refractivity contribution is -0.119. The van der Waals surface area contributed by atoms with E-state index in [-0.39, 0.29) is 22.6 Å². The second-order valence-electron chi connectivity index (χ2n) is 5.29. The number of benzene rings is 2. The summed E-state index contributed by atoms with van der Waals surface area (Å²) in [5.41, 5.74) is 1.73. The van der Waals surface area contributed by atoms with Gasteiger partial charge in [-0.3, -0.25) is 4.79 Å². The second-order valence-corrected chi connectivity index (χ2v) is 6.31. The van der Waals surface area contributed by atoms with Gasteiger partial charge in [-0.25, -0.2) is 13.8 Å². The monoisotopic (exact) mass is 347 g/mol. The maximum absolute atomic E-state index is 13.5. The van der Waals surface area contributed by atoms with E-state index in [1.54, 1.807) is 0 Å². The van der Waals surface area contributed by atoms with Crippen molar-refractivity contribution >= 4 is 28.7 Å². The summed E-state index contributed by atoms with van der Waals surface area (Å²) in [5.74, 6) is -0.871. The first kappa shape index (κ1) is 16.4. The van der Waals surface area contributed by atoms with Crippen molar-refractivity contribution in [3.63, 3.8) is 0 Å². The molecule has 2 aromatic carbocycles. The van der Waals surface area contributed by atoms with Crippen LogP contribution in [0, 0.1) is 11.6 Å². The maximum Gasteiger partial charge on any atom is 0.230 e. The van der Waals surface area contributed by atoms with E-state index in [0.29, 0.717) is 5.82 Å². The fourth-order valence-corrected chi connectivity index (χ4v) is 3.00. The van der Waals surface area contributed by atoms with Gasteiger partial charge in [-0.1, -0.05) is 12.1 Å². The Labute approximate surface area is 141 Å². The van der Waals surface area contributed by atoms with Crippen LogP contribution in [-0.2, 0) is 4.79 Å². The van der Waals surface area contributed by atoms with E-state index in [1.165, 1.54) is 12.1 Å². The molecule has 0 spiro atoms. The number of aromatic nitrogens is 2. The molecule has 1 atom stereocenters. The van der Waals surface area contributed by atoms with Gasteiger partial charge >= 0.3 is 0 Å². The van der Waals surface area contributed by atoms with Crippen LogP contribution >= 0.6 is 11.8 Å². The number of fused-ring (bicyclic) bond motifs is 1. The number of amides is 1. The lowest BCUT2D eigenvalue weighted by Crippen LogP contribution is -2.28. The summed E-state index contributed by atoms with van der Waals surface area (Å²) in [6, 6.07) is 10.6. The summed E-state index contributed by atoms with van der Waals surface area (Å²) in [6.45, 7) is 1.82. The minimum atomic E-state index is -0.668. The Balaban J connectivity index is 1.59. The molecule has 3 aromatic rings. The molecule has 0 fully saturated rings. The maximum atomic E-state index is 13.5. The number of para-hydroxylation sites is 2. The van der Waals surface area contributed by atoms with Gasteiger partial charge in [0, 0.05) is 11.0 Å². The van der Waals surface area contributed by atoms with Crippen molar-refractivity contribution in [1.29, 1.82) is 0 Å². The summed E-state index contributed by atoms with van der Waals surface area (Å²) in [5, 5.41) is 2.81. The molecule has 0 saturated heterocycles. The Bertz CT molecular complexity index is 848. The number of thioether (sulfide) groups is 1. The van der Waals surface area contributed by atoms with Crippen LogP contribution in [0.25, 0.3) is 11.0 Å². The number of rotatable bonds is 5. The minimum Gasteiger partial charge on any atom is -0.346 e. The van der Waals surface area contributed by atoms with Gasteiger partial charge in [0.25, 0.3) is 0 Å². The van der Waals surface area contributed by atoms with Gasteiger partial charge in [-0.15, -0.1) is 11.8 Å². The highest BCUT2D eigenvalue weighted by Gasteiger charge is 2.14. The number of hydrogen-bond acceptors (Lipinski definition) is 3. The molecule has 0 bridgehead atoms. The Morgan fingerprint density at radius 2 is 2.08 bits per heavy atom. The molecule has 0 radical (unpaired) electrons. The molecule has 4 nitrogen and oxygen atoms in total. The van der Waals surface area contributed by atoms with E-state index in [0.717, 1.165) is 28.9 Å². The van der Waals surface area contributed by atoms with Gasteiger partial charge < -0.3 is 10.3 Å². The normalized spacial score (nSPS) is 12.3. The molecule has 1 amide bonds. The predicted molar refractivity (Wildman–Crippen MR) is 89.7 cm³/mol. The number of imidazole rings is 1. The van der Waals surface area contributed by atoms with Gasteiger partial charge in [0.15, 0.2) is 0 Å². The Morgan fingerprint density at radius 3 is 2.83 bits per heavy atom. The number of carbonyl (C=O) groups excluding carboxylic acids is 1. The molecule has 0 aliphatic heterocycles. The summed E-state index contributed by atoms with van der Waals surface area (Å²) in [4.78, 5) is 19.8. The van der Waals surface area contributed by atoms with E-state index in [4.69, 9.17) is 0 Å². The molecule has 24 heavy (non-hydrogen) atoms. The van der Waals surface area contributed by atoms with Crippen molar-refractivity contribution in [3.8, 4) is 0 Å². The van der Waals surface area contributed by atoms with Gasteiger partial charge in [0.05, 0.1) is 22.8 Å². The molecular weight excluding hydrogens is 332 g/mol. The van der Waals surface area contributed by atoms with E-state index >= 15 is 0 Å². The van der Waals surface area contributed by atoms with Gasteiger partial charge in [0.2, 0.25) is 5.91 Å². The largest absolute Gasteiger partial charge is 0.346 e. The Hall–Kier alpha value is -2.41. The third-order valence-electron chi connectivity index (χ3n) is 3.45. The zero-order valence-electron chi connectivity index (χ0n) is 12.8. The van der Waals surface area contributed by atoms with Crippen LogP contribution in [0.4, 0.5) is 8.78 Å². The summed E-state index contributed by atoms with van der Waals surface area (Å²) in [7, 11) is 0. The molecule has 7 heteroatoms. The van der Waals surface area contributed by atoms with Crippen LogP contribution in [0.3, 0.4) is 0 Å². The molecule has 0 saturated carbocycles. The minimum absolute atomic E-state index is 0.0348. The molecule has 3 rings (SSSR count). The Morgan fingerprint density at radius 1 is 1.29 bits per heavy atom. The van der Waals surface area contributed by atoms with E-state index in [2.05, 4.69) is 15.3 Å². The molecular formula is C17H15F2N3OS. The van der Waals surface area contributed by atoms with Crippen LogP contribution in [0.5, 0.6) is 0 Å². The average molecular weight is 347 g/mol. The second kappa shape index (κ2) is 7.00. The highest BCUT2D eigenvalue weighted by Crippen LogP contribution is 2.22. The van der Waals surface area contributed by atoms with Crippen LogP contribution < -0.4 is 5.32 Å². The van der Waals surface area contributed by atoms with Crippen molar-refractivity contribution < 1.29 is 13.6 Å². The SMILES string of the molecule is CC(NC(=O)CSc1ccc(F)cc1F)c1nc2ccccc2[nH]1. The van der Waals surface area contributed by atoms with Crippen LogP contribution in [0.15, 0.2) is 47.4 Å². The Kier molecular flexibility index (Phi) is 4.80. The highest BCUT2D eigenvalue weighted by molar-refractivity contribution is 8.00. The summed E-state index contributed by atoms with van der Waals surface area (Å²) in [6.07, 6.45) is 0. The van der Waals surface area contributed by atoms with Gasteiger partial charge in [-0.05, 0) is 31.2 Å². The summed E-state index contributed by atoms with van der Waals surface area (Å²) >= 11 is 1.02. The lowest BCUT2D eigenvalue weighted by atomic mass is 10.3. The van der Waals surface area contributed by atoms with E-state index in [9.17, 15) is 13.6 Å². The van der Waals surface area contributed by atoms with E-state index in [1.807, 2.05) is 31.2 Å². The van der Waals surface area contributed by atoms with Crippen molar-refractivity contribution in [2.24, 2.45) is 0 Å². The number of H-pyrrole nitrogens is 1. The molecule has 1 aromatic heterocycles. The molecule has 124 valence electrons. The topological polar surface area (TPSA) is 57.8 Å². The molecule has 0 aliphatic carbocycles. The third kappa shape index (κ3) is 3.73. The lowest BCUT2D eigenvalue weighted by Gasteiger charge is -2.11. The van der Waals surface area contributed by atoms with E-state index < -0.39 is 11.6 Å². The van der Waals surface area contributed by atoms with Crippen LogP contribution in [-0.4, -0.2) is 21.6 Å². The van der Waals surface area contributed by atoms with Crippen molar-refractivity contribution in [2.45, 2.75) is 17.9 Å². The first-order valence-corrected chi connectivity index (χ1v) is 8.33. The fourth-order valence-electron chi connectivity index (χ4n) is 2.26. The number of halogens is 2. The highest BCUT2D eigenvalue weighted by atomic mass is 32.2. The number of nitrogens with one attached hydrogen (secondary N) is 2. The number of carbonyl (C=O) groups is 1. The van der Waals surface area contributed by atoms with Gasteiger partial charge in [0.1, 0.15) is 17.5 Å². The molecule has 2 N–H and O–H groups in total. The first-order chi connectivity index (χ1) is 11.5. The van der Waals surface area contributed by atoms with Crippen LogP contribution in [0.2, 0.25) is 0 Å².